The van der Waals surface area contributed by atoms with Crippen LogP contribution in [0.5, 0.6) is 0 Å². The Morgan fingerprint density at radius 3 is 1.70 bits per heavy atom. The van der Waals surface area contributed by atoms with E-state index >= 15 is 0 Å². The highest BCUT2D eigenvalue weighted by Crippen LogP contribution is 2.41. The summed E-state index contributed by atoms with van der Waals surface area (Å²) in [4.78, 5) is 13.3. The Labute approximate surface area is 322 Å². The van der Waals surface area contributed by atoms with E-state index in [1.54, 1.807) is 37.3 Å². The van der Waals surface area contributed by atoms with Crippen molar-refractivity contribution in [3.63, 3.8) is 0 Å². The second kappa shape index (κ2) is 16.1. The lowest BCUT2D eigenvalue weighted by Crippen LogP contribution is -2.06. The summed E-state index contributed by atoms with van der Waals surface area (Å²) in [5.74, 6) is -0.409. The molecule has 2 atom stereocenters. The second-order valence-corrected chi connectivity index (χ2v) is 15.1. The van der Waals surface area contributed by atoms with Gasteiger partial charge in [0, 0.05) is 23.6 Å². The van der Waals surface area contributed by atoms with E-state index in [4.69, 9.17) is 4.74 Å². The molecule has 0 fully saturated rings. The molecule has 2 unspecified atom stereocenters. The number of aliphatic hydroxyl groups excluding tert-OH is 2. The zero-order valence-corrected chi connectivity index (χ0v) is 31.3. The molecule has 0 aliphatic carbocycles. The molecule has 5 aromatic carbocycles. The molecule has 4 nitrogen and oxygen atoms in total. The van der Waals surface area contributed by atoms with E-state index in [1.165, 1.54) is 46.9 Å². The van der Waals surface area contributed by atoms with Crippen LogP contribution in [0.25, 0.3) is 31.3 Å². The van der Waals surface area contributed by atoms with E-state index in [-0.39, 0.29) is 17.7 Å². The third kappa shape index (κ3) is 8.71. The number of hydrogen-bond donors (Lipinski definition) is 2. The molecule has 0 spiro atoms. The summed E-state index contributed by atoms with van der Waals surface area (Å²) in [5, 5.41) is 23.0. The molecule has 7 aromatic rings. The fraction of sp³-hybridized carbons (Fsp3) is 0.146. The molecule has 278 valence electrons. The van der Waals surface area contributed by atoms with Crippen LogP contribution >= 0.6 is 38.6 Å². The van der Waals surface area contributed by atoms with Gasteiger partial charge in [-0.05, 0) is 110 Å². The first-order chi connectivity index (χ1) is 25.6. The molecule has 0 saturated heterocycles. The van der Waals surface area contributed by atoms with Crippen molar-refractivity contribution in [1.29, 1.82) is 0 Å². The molecular formula is C41H29BrF6O4S2. The Hall–Kier alpha value is -4.53. The maximum absolute atomic E-state index is 13.1. The average molecular weight is 844 g/mol. The van der Waals surface area contributed by atoms with Gasteiger partial charge in [-0.3, -0.25) is 0 Å². The molecule has 54 heavy (non-hydrogen) atoms. The van der Waals surface area contributed by atoms with Crippen LogP contribution in [0.1, 0.15) is 61.5 Å². The van der Waals surface area contributed by atoms with Crippen LogP contribution in [0, 0.1) is 0 Å². The summed E-state index contributed by atoms with van der Waals surface area (Å²) in [6.07, 6.45) is -11.2. The van der Waals surface area contributed by atoms with Crippen LogP contribution in [0.2, 0.25) is 0 Å². The van der Waals surface area contributed by atoms with E-state index in [9.17, 15) is 41.4 Å². The average Bonchev–Trinajstić information content (AvgIpc) is 3.80. The summed E-state index contributed by atoms with van der Waals surface area (Å²) in [7, 11) is 0. The highest BCUT2D eigenvalue weighted by Gasteiger charge is 2.32. The van der Waals surface area contributed by atoms with Crippen LogP contribution in [0.4, 0.5) is 26.3 Å². The number of alkyl halides is 6. The lowest BCUT2D eigenvalue weighted by molar-refractivity contribution is -0.138. The van der Waals surface area contributed by atoms with E-state index in [1.807, 2.05) is 42.5 Å². The van der Waals surface area contributed by atoms with E-state index in [0.29, 0.717) is 15.3 Å². The molecule has 2 aromatic heterocycles. The molecule has 0 saturated carbocycles. The first kappa shape index (κ1) is 39.2. The molecule has 2 heterocycles. The first-order valence-corrected chi connectivity index (χ1v) is 18.7. The number of ether oxygens (including phenoxy) is 1. The van der Waals surface area contributed by atoms with Gasteiger partial charge in [0.15, 0.2) is 0 Å². The zero-order chi connectivity index (χ0) is 38.8. The number of fused-ring (bicyclic) bond motifs is 2. The van der Waals surface area contributed by atoms with Crippen molar-refractivity contribution >= 4 is 64.7 Å². The van der Waals surface area contributed by atoms with Gasteiger partial charge in [0.05, 0.1) is 23.3 Å². The summed E-state index contributed by atoms with van der Waals surface area (Å²) in [6, 6.07) is 31.5. The maximum atomic E-state index is 13.1. The lowest BCUT2D eigenvalue weighted by atomic mass is 10.0. The first-order valence-electron chi connectivity index (χ1n) is 16.3. The van der Waals surface area contributed by atoms with E-state index in [0.717, 1.165) is 60.0 Å². The van der Waals surface area contributed by atoms with Crippen molar-refractivity contribution in [1.82, 2.24) is 0 Å². The van der Waals surface area contributed by atoms with Gasteiger partial charge in [0.2, 0.25) is 0 Å². The Kier molecular flexibility index (Phi) is 11.6. The maximum Gasteiger partial charge on any atom is 0.416 e. The van der Waals surface area contributed by atoms with Crippen LogP contribution in [-0.4, -0.2) is 22.8 Å². The van der Waals surface area contributed by atoms with Crippen LogP contribution < -0.4 is 0 Å². The number of rotatable bonds is 7. The van der Waals surface area contributed by atoms with Crippen molar-refractivity contribution in [3.05, 3.63) is 163 Å². The quantitative estimate of drug-likeness (QED) is 0.124. The highest BCUT2D eigenvalue weighted by atomic mass is 79.9. The zero-order valence-electron chi connectivity index (χ0n) is 28.1. The van der Waals surface area contributed by atoms with Crippen molar-refractivity contribution in [3.8, 4) is 11.1 Å². The molecule has 0 amide bonds. The van der Waals surface area contributed by atoms with Gasteiger partial charge in [-0.2, -0.15) is 26.3 Å². The molecule has 2 N–H and O–H groups in total. The number of esters is 1. The number of aliphatic hydroxyl groups is 2. The van der Waals surface area contributed by atoms with Crippen molar-refractivity contribution in [2.45, 2.75) is 31.5 Å². The van der Waals surface area contributed by atoms with Gasteiger partial charge in [0.1, 0.15) is 12.2 Å². The minimum absolute atomic E-state index is 0.178. The normalized spacial score (nSPS) is 13.0. The number of carbonyl (C=O) groups excluding carboxylic acids is 1. The Bertz CT molecular complexity index is 2440. The smallest absolute Gasteiger partial charge is 0.416 e. The third-order valence-electron chi connectivity index (χ3n) is 8.36. The van der Waals surface area contributed by atoms with Crippen LogP contribution in [-0.2, 0) is 17.1 Å². The largest absolute Gasteiger partial charge is 0.462 e. The van der Waals surface area contributed by atoms with Crippen molar-refractivity contribution < 1.29 is 46.1 Å². The Morgan fingerprint density at radius 2 is 1.17 bits per heavy atom. The second-order valence-electron chi connectivity index (χ2n) is 12.0. The highest BCUT2D eigenvalue weighted by molar-refractivity contribution is 9.10. The molecule has 0 aliphatic rings. The number of halogens is 7. The number of benzene rings is 5. The predicted octanol–water partition coefficient (Wildman–Crippen LogP) is 12.6. The van der Waals surface area contributed by atoms with Crippen LogP contribution in [0.3, 0.4) is 0 Å². The third-order valence-corrected chi connectivity index (χ3v) is 11.8. The van der Waals surface area contributed by atoms with Crippen molar-refractivity contribution in [2.75, 3.05) is 6.61 Å². The monoisotopic (exact) mass is 842 g/mol. The molecular weight excluding hydrogens is 814 g/mol. The van der Waals surface area contributed by atoms with Gasteiger partial charge in [-0.25, -0.2) is 4.79 Å². The van der Waals surface area contributed by atoms with Gasteiger partial charge in [-0.15, -0.1) is 22.7 Å². The topological polar surface area (TPSA) is 66.8 Å². The summed E-state index contributed by atoms with van der Waals surface area (Å²) in [6.45, 7) is 2.02. The van der Waals surface area contributed by atoms with E-state index < -0.39 is 41.7 Å². The lowest BCUT2D eigenvalue weighted by Gasteiger charge is -2.12. The fourth-order valence-electron chi connectivity index (χ4n) is 5.75. The number of thiophene rings is 2. The van der Waals surface area contributed by atoms with E-state index in [2.05, 4.69) is 15.9 Å². The number of carbonyl (C=O) groups is 1. The molecule has 0 radical (unpaired) electrons. The number of hydrogen-bond acceptors (Lipinski definition) is 6. The standard InChI is InChI=1S/C25H19F3O3S.C16H10BrF3OS/c1-2-31-24(30)18-9-3-6-15(12-18)20-11-5-8-17-14-21(32-23(17)20)22(29)16-7-4-10-19(13-16)25(26,27)28;17-12-6-2-4-10-8-13(22-15(10)12)14(21)9-3-1-5-11(7-9)16(18,19)20/h3-14,22,29H,2H2,1H3;1-8,14,21H. The SMILES string of the molecule is CCOC(=O)c1cccc(-c2cccc3cc(C(O)c4cccc(C(F)(F)F)c4)sc23)c1.OC(c1cccc(C(F)(F)F)c1)c1cc2cccc(Br)c2s1. The molecule has 13 heteroatoms. The predicted molar refractivity (Wildman–Crippen MR) is 204 cm³/mol. The molecule has 7 rings (SSSR count). The van der Waals surface area contributed by atoms with Gasteiger partial charge < -0.3 is 14.9 Å². The Morgan fingerprint density at radius 1 is 0.667 bits per heavy atom. The Balaban J connectivity index is 0.000000197. The fourth-order valence-corrected chi connectivity index (χ4v) is 8.67. The van der Waals surface area contributed by atoms with Crippen molar-refractivity contribution in [2.24, 2.45) is 0 Å². The van der Waals surface area contributed by atoms with Gasteiger partial charge in [-0.1, -0.05) is 66.7 Å². The molecule has 0 aliphatic heterocycles. The minimum Gasteiger partial charge on any atom is -0.462 e. The summed E-state index contributed by atoms with van der Waals surface area (Å²) >= 11 is 6.11. The minimum atomic E-state index is -4.48. The summed E-state index contributed by atoms with van der Waals surface area (Å²) < 4.78 is 85.3. The van der Waals surface area contributed by atoms with Gasteiger partial charge >= 0.3 is 18.3 Å². The molecule has 0 bridgehead atoms. The van der Waals surface area contributed by atoms with Crippen LogP contribution in [0.15, 0.2) is 126 Å². The van der Waals surface area contributed by atoms with Gasteiger partial charge in [0.25, 0.3) is 0 Å². The summed E-state index contributed by atoms with van der Waals surface area (Å²) in [5.41, 5.74) is 0.958.